The van der Waals surface area contributed by atoms with Crippen molar-refractivity contribution in [2.45, 2.75) is 37.6 Å². The lowest BCUT2D eigenvalue weighted by atomic mass is 10.4. The third-order valence-corrected chi connectivity index (χ3v) is 3.23. The molecule has 90 valence electrons. The summed E-state index contributed by atoms with van der Waals surface area (Å²) in [7, 11) is 0. The van der Waals surface area contributed by atoms with E-state index in [0.29, 0.717) is 24.3 Å². The highest BCUT2D eigenvalue weighted by Crippen LogP contribution is 2.37. The van der Waals surface area contributed by atoms with Crippen LogP contribution in [0.15, 0.2) is 12.7 Å². The zero-order chi connectivity index (χ0) is 11.8. The van der Waals surface area contributed by atoms with E-state index in [0.717, 1.165) is 31.5 Å². The highest BCUT2D eigenvalue weighted by atomic mass is 16.2. The quantitative estimate of drug-likeness (QED) is 0.782. The van der Waals surface area contributed by atoms with Gasteiger partial charge in [-0.2, -0.15) is 0 Å². The molecule has 1 N–H and O–H groups in total. The first-order valence-electron chi connectivity index (χ1n) is 6.13. The minimum atomic E-state index is -0.0736. The molecule has 5 nitrogen and oxygen atoms in total. The Balaban J connectivity index is 1.75. The highest BCUT2D eigenvalue weighted by molar-refractivity contribution is 5.91. The number of nitrogens with one attached hydrogen (secondary N) is 1. The molecule has 1 amide bonds. The molecule has 2 aliphatic carbocycles. The van der Waals surface area contributed by atoms with E-state index >= 15 is 0 Å². The van der Waals surface area contributed by atoms with Gasteiger partial charge in [0.05, 0.1) is 0 Å². The fourth-order valence-corrected chi connectivity index (χ4v) is 1.96. The van der Waals surface area contributed by atoms with Crippen molar-refractivity contribution < 1.29 is 4.79 Å². The summed E-state index contributed by atoms with van der Waals surface area (Å²) in [5, 5.41) is 6.90. The normalized spacial score (nSPS) is 19.1. The molecule has 0 saturated heterocycles. The summed E-state index contributed by atoms with van der Waals surface area (Å²) < 4.78 is 0. The molecule has 1 aromatic rings. The van der Waals surface area contributed by atoms with Crippen molar-refractivity contribution in [3.05, 3.63) is 24.3 Å². The number of H-pyrrole nitrogens is 1. The molecular weight excluding hydrogens is 216 g/mol. The second kappa shape index (κ2) is 3.98. The van der Waals surface area contributed by atoms with Gasteiger partial charge in [0.2, 0.25) is 5.82 Å². The first-order chi connectivity index (χ1) is 8.29. The molecule has 2 aliphatic rings. The van der Waals surface area contributed by atoms with Gasteiger partial charge in [0.15, 0.2) is 0 Å². The molecule has 2 saturated carbocycles. The summed E-state index contributed by atoms with van der Waals surface area (Å²) in [5.41, 5.74) is 0. The summed E-state index contributed by atoms with van der Waals surface area (Å²) in [5.74, 6) is 1.59. The Labute approximate surface area is 99.9 Å². The lowest BCUT2D eigenvalue weighted by Gasteiger charge is -2.18. The van der Waals surface area contributed by atoms with Crippen molar-refractivity contribution in [2.75, 3.05) is 6.54 Å². The molecule has 2 fully saturated rings. The van der Waals surface area contributed by atoms with Gasteiger partial charge in [-0.15, -0.1) is 11.7 Å². The number of nitrogens with zero attached hydrogens (tertiary/aromatic N) is 3. The smallest absolute Gasteiger partial charge is 0.294 e. The second-order valence-electron chi connectivity index (χ2n) is 4.80. The molecule has 0 radical (unpaired) electrons. The molecule has 1 aromatic heterocycles. The molecule has 5 heteroatoms. The van der Waals surface area contributed by atoms with E-state index in [1.165, 1.54) is 0 Å². The van der Waals surface area contributed by atoms with Gasteiger partial charge in [-0.05, 0) is 25.7 Å². The Kier molecular flexibility index (Phi) is 2.46. The number of aromatic nitrogens is 3. The third kappa shape index (κ3) is 2.09. The van der Waals surface area contributed by atoms with E-state index in [1.807, 2.05) is 4.90 Å². The van der Waals surface area contributed by atoms with Crippen molar-refractivity contribution in [2.24, 2.45) is 0 Å². The van der Waals surface area contributed by atoms with Crippen LogP contribution in [0.1, 0.15) is 48.0 Å². The molecule has 0 unspecified atom stereocenters. The zero-order valence-electron chi connectivity index (χ0n) is 9.72. The fourth-order valence-electron chi connectivity index (χ4n) is 1.96. The van der Waals surface area contributed by atoms with Crippen molar-refractivity contribution >= 4 is 5.91 Å². The maximum absolute atomic E-state index is 12.2. The number of aromatic amines is 1. The van der Waals surface area contributed by atoms with Gasteiger partial charge >= 0.3 is 0 Å². The summed E-state index contributed by atoms with van der Waals surface area (Å²) in [4.78, 5) is 18.3. The van der Waals surface area contributed by atoms with Crippen LogP contribution in [0.25, 0.3) is 0 Å². The van der Waals surface area contributed by atoms with Crippen molar-refractivity contribution in [1.29, 1.82) is 0 Å². The van der Waals surface area contributed by atoms with Crippen LogP contribution in [-0.4, -0.2) is 38.6 Å². The first kappa shape index (κ1) is 10.5. The number of rotatable bonds is 5. The predicted molar refractivity (Wildman–Crippen MR) is 62.6 cm³/mol. The van der Waals surface area contributed by atoms with Crippen molar-refractivity contribution in [3.63, 3.8) is 0 Å². The SMILES string of the molecule is C=CCN(C(=O)c1n[nH]c(C2CC2)n1)C1CC1. The fraction of sp³-hybridized carbons (Fsp3) is 0.583. The first-order valence-corrected chi connectivity index (χ1v) is 6.13. The standard InChI is InChI=1S/C12H16N4O/c1-2-7-16(9-5-6-9)12(17)11-13-10(14-15-11)8-3-4-8/h2,8-9H,1,3-7H2,(H,13,14,15). The molecule has 0 spiro atoms. The van der Waals surface area contributed by atoms with Gasteiger partial charge in [-0.25, -0.2) is 4.98 Å². The number of hydrogen-bond donors (Lipinski definition) is 1. The van der Waals surface area contributed by atoms with Crippen LogP contribution < -0.4 is 0 Å². The second-order valence-corrected chi connectivity index (χ2v) is 4.80. The zero-order valence-corrected chi connectivity index (χ0v) is 9.72. The molecule has 0 bridgehead atoms. The predicted octanol–water partition coefficient (Wildman–Crippen LogP) is 1.47. The lowest BCUT2D eigenvalue weighted by molar-refractivity contribution is 0.0751. The van der Waals surface area contributed by atoms with Gasteiger partial charge in [0, 0.05) is 18.5 Å². The lowest BCUT2D eigenvalue weighted by Crippen LogP contribution is -2.34. The summed E-state index contributed by atoms with van der Waals surface area (Å²) >= 11 is 0. The van der Waals surface area contributed by atoms with Gasteiger partial charge in [-0.3, -0.25) is 9.89 Å². The average molecular weight is 232 g/mol. The Morgan fingerprint density at radius 2 is 2.24 bits per heavy atom. The maximum atomic E-state index is 12.2. The van der Waals surface area contributed by atoms with Gasteiger partial charge in [-0.1, -0.05) is 6.08 Å². The van der Waals surface area contributed by atoms with E-state index < -0.39 is 0 Å². The van der Waals surface area contributed by atoms with Crippen LogP contribution >= 0.6 is 0 Å². The highest BCUT2D eigenvalue weighted by Gasteiger charge is 2.35. The largest absolute Gasteiger partial charge is 0.329 e. The molecule has 1 heterocycles. The molecule has 0 aliphatic heterocycles. The Hall–Kier alpha value is -1.65. The summed E-state index contributed by atoms with van der Waals surface area (Å²) in [6, 6.07) is 0.364. The van der Waals surface area contributed by atoms with E-state index in [4.69, 9.17) is 0 Å². The average Bonchev–Trinajstić information content (AvgIpc) is 3.25. The van der Waals surface area contributed by atoms with Crippen LogP contribution in [0, 0.1) is 0 Å². The monoisotopic (exact) mass is 232 g/mol. The third-order valence-electron chi connectivity index (χ3n) is 3.23. The van der Waals surface area contributed by atoms with E-state index in [9.17, 15) is 4.79 Å². The molecule has 3 rings (SSSR count). The van der Waals surface area contributed by atoms with Crippen molar-refractivity contribution in [1.82, 2.24) is 20.1 Å². The molecule has 17 heavy (non-hydrogen) atoms. The Bertz CT molecular complexity index is 445. The molecular formula is C12H16N4O. The number of carbonyl (C=O) groups excluding carboxylic acids is 1. The van der Waals surface area contributed by atoms with Crippen molar-refractivity contribution in [3.8, 4) is 0 Å². The van der Waals surface area contributed by atoms with E-state index in [-0.39, 0.29) is 5.91 Å². The molecule has 0 aromatic carbocycles. The van der Waals surface area contributed by atoms with Crippen LogP contribution in [0.2, 0.25) is 0 Å². The Morgan fingerprint density at radius 3 is 2.82 bits per heavy atom. The van der Waals surface area contributed by atoms with E-state index in [1.54, 1.807) is 6.08 Å². The summed E-state index contributed by atoms with van der Waals surface area (Å²) in [6.07, 6.45) is 6.23. The van der Waals surface area contributed by atoms with E-state index in [2.05, 4.69) is 21.8 Å². The van der Waals surface area contributed by atoms with Crippen LogP contribution in [0.4, 0.5) is 0 Å². The Morgan fingerprint density at radius 1 is 1.47 bits per heavy atom. The number of amides is 1. The minimum Gasteiger partial charge on any atom is -0.329 e. The molecule has 0 atom stereocenters. The van der Waals surface area contributed by atoms with Crippen LogP contribution in [-0.2, 0) is 0 Å². The van der Waals surface area contributed by atoms with Crippen LogP contribution in [0.5, 0.6) is 0 Å². The number of carbonyl (C=O) groups is 1. The number of hydrogen-bond acceptors (Lipinski definition) is 3. The topological polar surface area (TPSA) is 61.9 Å². The minimum absolute atomic E-state index is 0.0736. The van der Waals surface area contributed by atoms with Crippen LogP contribution in [0.3, 0.4) is 0 Å². The van der Waals surface area contributed by atoms with Gasteiger partial charge in [0.1, 0.15) is 5.82 Å². The maximum Gasteiger partial charge on any atom is 0.294 e. The van der Waals surface area contributed by atoms with Gasteiger partial charge in [0.25, 0.3) is 5.91 Å². The summed E-state index contributed by atoms with van der Waals surface area (Å²) in [6.45, 7) is 4.27. The van der Waals surface area contributed by atoms with Gasteiger partial charge < -0.3 is 4.90 Å².